The zero-order valence-electron chi connectivity index (χ0n) is 14.3. The number of hydrogen-bond donors (Lipinski definition) is 1. The number of piperidine rings is 1. The largest absolute Gasteiger partial charge is 0.356 e. The highest BCUT2D eigenvalue weighted by Gasteiger charge is 2.33. The first-order valence-corrected chi connectivity index (χ1v) is 8.92. The Balaban J connectivity index is 1.63. The summed E-state index contributed by atoms with van der Waals surface area (Å²) in [6.45, 7) is 7.98. The maximum atomic E-state index is 12.2. The van der Waals surface area contributed by atoms with E-state index >= 15 is 0 Å². The van der Waals surface area contributed by atoms with Crippen LogP contribution in [0.25, 0.3) is 0 Å². The molecule has 0 radical (unpaired) electrons. The molecule has 1 unspecified atom stereocenters. The van der Waals surface area contributed by atoms with Crippen molar-refractivity contribution in [3.8, 4) is 0 Å². The van der Waals surface area contributed by atoms with Gasteiger partial charge in [-0.15, -0.1) is 0 Å². The molecule has 1 aliphatic heterocycles. The van der Waals surface area contributed by atoms with Gasteiger partial charge in [-0.05, 0) is 69.5 Å². The van der Waals surface area contributed by atoms with Crippen molar-refractivity contribution in [2.24, 2.45) is 17.3 Å². The normalized spacial score (nSPS) is 27.5. The van der Waals surface area contributed by atoms with E-state index in [1.54, 1.807) is 0 Å². The highest BCUT2D eigenvalue weighted by molar-refractivity contribution is 5.76. The van der Waals surface area contributed by atoms with Crippen molar-refractivity contribution in [2.75, 3.05) is 26.7 Å². The molecule has 3 heteroatoms. The predicted octanol–water partition coefficient (Wildman–Crippen LogP) is 3.44. The summed E-state index contributed by atoms with van der Waals surface area (Å²) in [4.78, 5) is 14.6. The van der Waals surface area contributed by atoms with Crippen LogP contribution in [0.5, 0.6) is 0 Å². The Labute approximate surface area is 130 Å². The molecule has 2 rings (SSSR count). The van der Waals surface area contributed by atoms with Gasteiger partial charge in [-0.3, -0.25) is 4.79 Å². The number of carbonyl (C=O) groups is 1. The zero-order chi connectivity index (χ0) is 15.3. The van der Waals surface area contributed by atoms with Crippen LogP contribution in [0.2, 0.25) is 0 Å². The molecule has 0 aromatic rings. The number of amides is 1. The molecule has 3 nitrogen and oxygen atoms in total. The van der Waals surface area contributed by atoms with E-state index in [1.807, 2.05) is 0 Å². The van der Waals surface area contributed by atoms with Gasteiger partial charge in [0, 0.05) is 13.0 Å². The molecule has 122 valence electrons. The third-order valence-corrected chi connectivity index (χ3v) is 5.87. The van der Waals surface area contributed by atoms with Gasteiger partial charge in [-0.2, -0.15) is 0 Å². The number of rotatable bonds is 5. The van der Waals surface area contributed by atoms with Gasteiger partial charge in [0.25, 0.3) is 0 Å². The molecule has 1 N–H and O–H groups in total. The summed E-state index contributed by atoms with van der Waals surface area (Å²) >= 11 is 0. The van der Waals surface area contributed by atoms with Crippen LogP contribution in [-0.4, -0.2) is 37.5 Å². The predicted molar refractivity (Wildman–Crippen MR) is 88.2 cm³/mol. The van der Waals surface area contributed by atoms with Crippen LogP contribution in [0.3, 0.4) is 0 Å². The van der Waals surface area contributed by atoms with Crippen LogP contribution >= 0.6 is 0 Å². The monoisotopic (exact) mass is 294 g/mol. The van der Waals surface area contributed by atoms with Crippen LogP contribution in [0, 0.1) is 17.3 Å². The third-order valence-electron chi connectivity index (χ3n) is 5.87. The Morgan fingerprint density at radius 3 is 2.57 bits per heavy atom. The van der Waals surface area contributed by atoms with Gasteiger partial charge in [0.1, 0.15) is 0 Å². The summed E-state index contributed by atoms with van der Waals surface area (Å²) < 4.78 is 0. The van der Waals surface area contributed by atoms with Crippen molar-refractivity contribution >= 4 is 5.91 Å². The van der Waals surface area contributed by atoms with Gasteiger partial charge in [0.05, 0.1) is 0 Å². The van der Waals surface area contributed by atoms with Gasteiger partial charge in [-0.25, -0.2) is 0 Å². The number of likely N-dealkylation sites (tertiary alicyclic amines) is 1. The molecule has 1 amide bonds. The van der Waals surface area contributed by atoms with E-state index in [-0.39, 0.29) is 5.91 Å². The molecule has 1 saturated heterocycles. The molecule has 21 heavy (non-hydrogen) atoms. The van der Waals surface area contributed by atoms with Crippen LogP contribution in [0.1, 0.15) is 65.2 Å². The number of hydrogen-bond acceptors (Lipinski definition) is 2. The minimum absolute atomic E-state index is 0.280. The average molecular weight is 294 g/mol. The van der Waals surface area contributed by atoms with E-state index in [0.29, 0.717) is 11.3 Å². The van der Waals surface area contributed by atoms with Crippen molar-refractivity contribution in [3.63, 3.8) is 0 Å². The lowest BCUT2D eigenvalue weighted by atomic mass is 9.67. The maximum absolute atomic E-state index is 12.2. The Kier molecular flexibility index (Phi) is 6.09. The van der Waals surface area contributed by atoms with Crippen molar-refractivity contribution < 1.29 is 4.79 Å². The Bertz CT molecular complexity index is 332. The lowest BCUT2D eigenvalue weighted by Crippen LogP contribution is -2.35. The van der Waals surface area contributed by atoms with Gasteiger partial charge in [-0.1, -0.05) is 26.7 Å². The molecular formula is C18H34N2O. The van der Waals surface area contributed by atoms with Crippen LogP contribution < -0.4 is 5.32 Å². The molecule has 1 heterocycles. The average Bonchev–Trinajstić information content (AvgIpc) is 2.43. The Morgan fingerprint density at radius 1 is 1.19 bits per heavy atom. The van der Waals surface area contributed by atoms with Crippen molar-refractivity contribution in [3.05, 3.63) is 0 Å². The molecule has 1 aliphatic carbocycles. The molecule has 2 aliphatic rings. The molecule has 0 bridgehead atoms. The van der Waals surface area contributed by atoms with E-state index in [4.69, 9.17) is 0 Å². The molecule has 1 saturated carbocycles. The standard InChI is InChI=1S/C18H34N2O/c1-18(2)10-5-4-6-16(18)14-17(21)19-11-7-15-8-12-20(3)13-9-15/h15-16H,4-14H2,1-3H3,(H,19,21). The molecule has 0 spiro atoms. The van der Waals surface area contributed by atoms with E-state index in [9.17, 15) is 4.79 Å². The fourth-order valence-corrected chi connectivity index (χ4v) is 4.01. The van der Waals surface area contributed by atoms with Crippen LogP contribution in [-0.2, 0) is 4.79 Å². The van der Waals surface area contributed by atoms with Crippen LogP contribution in [0.15, 0.2) is 0 Å². The maximum Gasteiger partial charge on any atom is 0.220 e. The number of carbonyl (C=O) groups excluding carboxylic acids is 1. The summed E-state index contributed by atoms with van der Waals surface area (Å²) in [6, 6.07) is 0. The van der Waals surface area contributed by atoms with Crippen molar-refractivity contribution in [2.45, 2.75) is 65.2 Å². The Hall–Kier alpha value is -0.570. The molecule has 2 fully saturated rings. The van der Waals surface area contributed by atoms with Crippen molar-refractivity contribution in [1.82, 2.24) is 10.2 Å². The second-order valence-electron chi connectivity index (χ2n) is 8.02. The first-order chi connectivity index (χ1) is 9.97. The van der Waals surface area contributed by atoms with Crippen LogP contribution in [0.4, 0.5) is 0 Å². The quantitative estimate of drug-likeness (QED) is 0.842. The summed E-state index contributed by atoms with van der Waals surface area (Å²) in [5.41, 5.74) is 0.351. The summed E-state index contributed by atoms with van der Waals surface area (Å²) in [5.74, 6) is 1.67. The van der Waals surface area contributed by atoms with Crippen molar-refractivity contribution in [1.29, 1.82) is 0 Å². The molecular weight excluding hydrogens is 260 g/mol. The first-order valence-electron chi connectivity index (χ1n) is 8.92. The lowest BCUT2D eigenvalue weighted by molar-refractivity contribution is -0.123. The molecule has 1 atom stereocenters. The topological polar surface area (TPSA) is 32.3 Å². The molecule has 0 aromatic heterocycles. The number of nitrogens with zero attached hydrogens (tertiary/aromatic N) is 1. The fourth-order valence-electron chi connectivity index (χ4n) is 4.01. The van der Waals surface area contributed by atoms with Gasteiger partial charge >= 0.3 is 0 Å². The van der Waals surface area contributed by atoms with E-state index in [1.165, 1.54) is 51.6 Å². The lowest BCUT2D eigenvalue weighted by Gasteiger charge is -2.38. The number of nitrogens with one attached hydrogen (secondary N) is 1. The Morgan fingerprint density at radius 2 is 1.90 bits per heavy atom. The highest BCUT2D eigenvalue weighted by Crippen LogP contribution is 2.42. The van der Waals surface area contributed by atoms with E-state index in [2.05, 4.69) is 31.1 Å². The highest BCUT2D eigenvalue weighted by atomic mass is 16.1. The third kappa shape index (κ3) is 5.28. The summed E-state index contributed by atoms with van der Waals surface area (Å²) in [5, 5.41) is 3.17. The smallest absolute Gasteiger partial charge is 0.220 e. The van der Waals surface area contributed by atoms with E-state index < -0.39 is 0 Å². The summed E-state index contributed by atoms with van der Waals surface area (Å²) in [6.07, 6.45) is 9.63. The fraction of sp³-hybridized carbons (Fsp3) is 0.944. The van der Waals surface area contributed by atoms with Gasteiger partial charge in [0.15, 0.2) is 0 Å². The summed E-state index contributed by atoms with van der Waals surface area (Å²) in [7, 11) is 2.20. The van der Waals surface area contributed by atoms with Gasteiger partial charge in [0.2, 0.25) is 5.91 Å². The first kappa shape index (κ1) is 16.8. The minimum Gasteiger partial charge on any atom is -0.356 e. The minimum atomic E-state index is 0.280. The zero-order valence-corrected chi connectivity index (χ0v) is 14.3. The van der Waals surface area contributed by atoms with Gasteiger partial charge < -0.3 is 10.2 Å². The molecule has 0 aromatic carbocycles. The van der Waals surface area contributed by atoms with E-state index in [0.717, 1.165) is 25.3 Å². The second kappa shape index (κ2) is 7.62. The second-order valence-corrected chi connectivity index (χ2v) is 8.02. The SMILES string of the molecule is CN1CCC(CCNC(=O)CC2CCCCC2(C)C)CC1.